The SMILES string of the molecule is CC(C)Oc1c(I)cc(C=Nn2c(-c3cc4cc(Cl)ccc4o3)nc3ccccc3c2=O)cc1I. The van der Waals surface area contributed by atoms with Gasteiger partial charge in [-0.3, -0.25) is 4.79 Å². The predicted octanol–water partition coefficient (Wildman–Crippen LogP) is 7.34. The summed E-state index contributed by atoms with van der Waals surface area (Å²) in [5.74, 6) is 1.57. The first-order chi connectivity index (χ1) is 16.8. The van der Waals surface area contributed by atoms with Crippen molar-refractivity contribution < 1.29 is 9.15 Å². The summed E-state index contributed by atoms with van der Waals surface area (Å²) in [7, 11) is 0. The van der Waals surface area contributed by atoms with Crippen molar-refractivity contribution in [3.05, 3.63) is 88.7 Å². The van der Waals surface area contributed by atoms with Crippen LogP contribution in [-0.4, -0.2) is 22.0 Å². The van der Waals surface area contributed by atoms with Crippen LogP contribution >= 0.6 is 56.8 Å². The zero-order valence-electron chi connectivity index (χ0n) is 18.6. The maximum atomic E-state index is 13.4. The first-order valence-electron chi connectivity index (χ1n) is 10.7. The smallest absolute Gasteiger partial charge is 0.282 e. The van der Waals surface area contributed by atoms with Crippen LogP contribution < -0.4 is 10.3 Å². The highest BCUT2D eigenvalue weighted by molar-refractivity contribution is 14.1. The maximum absolute atomic E-state index is 13.4. The van der Waals surface area contributed by atoms with Gasteiger partial charge < -0.3 is 9.15 Å². The first kappa shape index (κ1) is 24.3. The molecule has 0 aliphatic rings. The number of hydrogen-bond acceptors (Lipinski definition) is 5. The van der Waals surface area contributed by atoms with Gasteiger partial charge in [-0.15, -0.1) is 0 Å². The van der Waals surface area contributed by atoms with Gasteiger partial charge in [0.1, 0.15) is 11.3 Å². The number of ether oxygens (including phenoxy) is 1. The maximum Gasteiger partial charge on any atom is 0.282 e. The first-order valence-corrected chi connectivity index (χ1v) is 13.2. The summed E-state index contributed by atoms with van der Waals surface area (Å²) in [4.78, 5) is 18.2. The molecule has 0 spiro atoms. The summed E-state index contributed by atoms with van der Waals surface area (Å²) in [6.45, 7) is 3.99. The number of nitrogens with zero attached hydrogens (tertiary/aromatic N) is 3. The normalized spacial score (nSPS) is 11.8. The molecule has 0 radical (unpaired) electrons. The second kappa shape index (κ2) is 9.90. The summed E-state index contributed by atoms with van der Waals surface area (Å²) in [5.41, 5.74) is 1.76. The van der Waals surface area contributed by atoms with Crippen LogP contribution in [0.2, 0.25) is 5.02 Å². The molecule has 0 saturated carbocycles. The van der Waals surface area contributed by atoms with Crippen LogP contribution in [0.1, 0.15) is 19.4 Å². The van der Waals surface area contributed by atoms with E-state index in [4.69, 9.17) is 25.7 Å². The summed E-state index contributed by atoms with van der Waals surface area (Å²) in [5, 5.41) is 6.43. The lowest BCUT2D eigenvalue weighted by Gasteiger charge is -2.14. The number of halogens is 3. The van der Waals surface area contributed by atoms with Gasteiger partial charge >= 0.3 is 0 Å². The number of para-hydroxylation sites is 1. The molecule has 0 unspecified atom stereocenters. The number of fused-ring (bicyclic) bond motifs is 2. The highest BCUT2D eigenvalue weighted by Gasteiger charge is 2.17. The zero-order valence-corrected chi connectivity index (χ0v) is 23.7. The number of aromatic nitrogens is 2. The largest absolute Gasteiger partial charge is 0.489 e. The Morgan fingerprint density at radius 1 is 1.09 bits per heavy atom. The van der Waals surface area contributed by atoms with Crippen LogP contribution in [-0.2, 0) is 0 Å². The van der Waals surface area contributed by atoms with E-state index in [1.54, 1.807) is 42.6 Å². The lowest BCUT2D eigenvalue weighted by atomic mass is 10.2. The van der Waals surface area contributed by atoms with Gasteiger partial charge in [0.25, 0.3) is 5.56 Å². The average Bonchev–Trinajstić information content (AvgIpc) is 3.23. The molecule has 5 rings (SSSR count). The Morgan fingerprint density at radius 2 is 1.83 bits per heavy atom. The van der Waals surface area contributed by atoms with Gasteiger partial charge in [0.15, 0.2) is 5.76 Å². The Bertz CT molecular complexity index is 1650. The Hall–Kier alpha value is -2.44. The van der Waals surface area contributed by atoms with Crippen LogP contribution in [0.3, 0.4) is 0 Å². The van der Waals surface area contributed by atoms with Crippen LogP contribution in [0.15, 0.2) is 75.0 Å². The highest BCUT2D eigenvalue weighted by Crippen LogP contribution is 2.31. The number of furan rings is 1. The average molecular weight is 710 g/mol. The van der Waals surface area contributed by atoms with Crippen molar-refractivity contribution in [3.8, 4) is 17.3 Å². The Kier molecular flexibility index (Phi) is 6.86. The quantitative estimate of drug-likeness (QED) is 0.142. The fourth-order valence-corrected chi connectivity index (χ4v) is 5.89. The Morgan fingerprint density at radius 3 is 2.57 bits per heavy atom. The van der Waals surface area contributed by atoms with Gasteiger partial charge in [0.05, 0.1) is 30.4 Å². The van der Waals surface area contributed by atoms with Gasteiger partial charge in [0.2, 0.25) is 5.82 Å². The summed E-state index contributed by atoms with van der Waals surface area (Å²) in [6.07, 6.45) is 1.71. The summed E-state index contributed by atoms with van der Waals surface area (Å²) < 4.78 is 15.2. The van der Waals surface area contributed by atoms with Crippen molar-refractivity contribution in [2.24, 2.45) is 5.10 Å². The molecule has 35 heavy (non-hydrogen) atoms. The van der Waals surface area contributed by atoms with Crippen molar-refractivity contribution in [1.29, 1.82) is 0 Å². The molecular formula is C26H18ClI2N3O3. The lowest BCUT2D eigenvalue weighted by Crippen LogP contribution is -2.20. The van der Waals surface area contributed by atoms with E-state index in [2.05, 4.69) is 50.3 Å². The second-order valence-electron chi connectivity index (χ2n) is 8.09. The fraction of sp³-hybridized carbons (Fsp3) is 0.115. The van der Waals surface area contributed by atoms with E-state index in [9.17, 15) is 4.79 Å². The molecule has 0 aliphatic heterocycles. The monoisotopic (exact) mass is 709 g/mol. The van der Waals surface area contributed by atoms with E-state index in [0.717, 1.165) is 23.8 Å². The third-order valence-corrected chi connectivity index (χ3v) is 6.99. The number of rotatable bonds is 5. The second-order valence-corrected chi connectivity index (χ2v) is 10.8. The van der Waals surface area contributed by atoms with E-state index >= 15 is 0 Å². The van der Waals surface area contributed by atoms with E-state index in [0.29, 0.717) is 33.1 Å². The summed E-state index contributed by atoms with van der Waals surface area (Å²) >= 11 is 10.6. The van der Waals surface area contributed by atoms with Gasteiger partial charge in [-0.05, 0) is 113 Å². The molecule has 0 N–H and O–H groups in total. The fourth-order valence-electron chi connectivity index (χ4n) is 3.64. The zero-order chi connectivity index (χ0) is 24.7. The molecule has 9 heteroatoms. The van der Waals surface area contributed by atoms with Crippen molar-refractivity contribution in [1.82, 2.24) is 9.66 Å². The van der Waals surface area contributed by atoms with E-state index < -0.39 is 0 Å². The molecule has 0 bridgehead atoms. The summed E-state index contributed by atoms with van der Waals surface area (Å²) in [6, 6.07) is 18.3. The minimum absolute atomic E-state index is 0.0695. The van der Waals surface area contributed by atoms with Gasteiger partial charge in [-0.2, -0.15) is 9.78 Å². The molecule has 0 atom stereocenters. The topological polar surface area (TPSA) is 69.6 Å². The number of benzene rings is 3. The molecule has 5 aromatic rings. The molecule has 2 heterocycles. The molecule has 176 valence electrons. The molecule has 2 aromatic heterocycles. The highest BCUT2D eigenvalue weighted by atomic mass is 127. The van der Waals surface area contributed by atoms with Crippen LogP contribution in [0.4, 0.5) is 0 Å². The molecule has 3 aromatic carbocycles. The van der Waals surface area contributed by atoms with Gasteiger partial charge in [0, 0.05) is 10.4 Å². The Labute approximate surface area is 233 Å². The lowest BCUT2D eigenvalue weighted by molar-refractivity contribution is 0.239. The Balaban J connectivity index is 1.66. The molecular weight excluding hydrogens is 692 g/mol. The van der Waals surface area contributed by atoms with Crippen LogP contribution in [0.25, 0.3) is 33.5 Å². The van der Waals surface area contributed by atoms with Crippen LogP contribution in [0, 0.1) is 7.14 Å². The van der Waals surface area contributed by atoms with Crippen molar-refractivity contribution in [2.45, 2.75) is 20.0 Å². The van der Waals surface area contributed by atoms with Crippen molar-refractivity contribution >= 4 is 84.9 Å². The minimum Gasteiger partial charge on any atom is -0.489 e. The molecule has 6 nitrogen and oxygen atoms in total. The molecule has 0 aliphatic carbocycles. The van der Waals surface area contributed by atoms with Gasteiger partial charge in [-0.25, -0.2) is 4.98 Å². The van der Waals surface area contributed by atoms with Crippen LogP contribution in [0.5, 0.6) is 5.75 Å². The standard InChI is InChI=1S/C26H18ClI2N3O3/c1-14(2)34-24-19(28)9-15(10-20(24)29)13-30-32-25(31-21-6-4-3-5-18(21)26(32)33)23-12-16-11-17(27)7-8-22(16)35-23/h3-14H,1-2H3. The van der Waals surface area contributed by atoms with E-state index in [-0.39, 0.29) is 11.7 Å². The van der Waals surface area contributed by atoms with Crippen molar-refractivity contribution in [2.75, 3.05) is 0 Å². The van der Waals surface area contributed by atoms with Gasteiger partial charge in [-0.1, -0.05) is 23.7 Å². The molecule has 0 fully saturated rings. The van der Waals surface area contributed by atoms with E-state index in [1.807, 2.05) is 38.1 Å². The number of hydrogen-bond donors (Lipinski definition) is 0. The van der Waals surface area contributed by atoms with E-state index in [1.165, 1.54) is 4.68 Å². The predicted molar refractivity (Wildman–Crippen MR) is 157 cm³/mol. The molecule has 0 amide bonds. The third kappa shape index (κ3) is 4.96. The molecule has 0 saturated heterocycles. The van der Waals surface area contributed by atoms with Crippen molar-refractivity contribution in [3.63, 3.8) is 0 Å². The third-order valence-electron chi connectivity index (χ3n) is 5.15. The minimum atomic E-state index is -0.288.